The smallest absolute Gasteiger partial charge is 0.241 e. The van der Waals surface area contributed by atoms with E-state index in [4.69, 9.17) is 11.6 Å². The predicted molar refractivity (Wildman–Crippen MR) is 83.3 cm³/mol. The van der Waals surface area contributed by atoms with Crippen LogP contribution in [0.15, 0.2) is 18.2 Å². The molecule has 1 aromatic rings. The first-order valence-corrected chi connectivity index (χ1v) is 7.17. The highest BCUT2D eigenvalue weighted by Gasteiger charge is 2.14. The number of hydrogen-bond donors (Lipinski definition) is 1. The lowest BCUT2D eigenvalue weighted by molar-refractivity contribution is -0.127. The molecule has 0 aliphatic rings. The number of rotatable bonds is 6. The van der Waals surface area contributed by atoms with Crippen LogP contribution in [-0.2, 0) is 4.79 Å². The first-order valence-electron chi connectivity index (χ1n) is 6.79. The zero-order valence-corrected chi connectivity index (χ0v) is 13.3. The molecule has 0 aromatic heterocycles. The summed E-state index contributed by atoms with van der Waals surface area (Å²) in [6.07, 6.45) is 0.343. The number of nitrogens with zero attached hydrogens (tertiary/aromatic N) is 2. The highest BCUT2D eigenvalue weighted by Crippen LogP contribution is 2.28. The average molecular weight is 299 g/mol. The Morgan fingerprint density at radius 3 is 2.50 bits per heavy atom. The Morgan fingerprint density at radius 1 is 1.40 bits per heavy atom. The number of amides is 1. The van der Waals surface area contributed by atoms with E-state index in [1.165, 1.54) is 0 Å². The van der Waals surface area contributed by atoms with Crippen molar-refractivity contribution in [3.8, 4) is 0 Å². The molecule has 0 fully saturated rings. The van der Waals surface area contributed by atoms with Crippen molar-refractivity contribution < 1.29 is 9.90 Å². The van der Waals surface area contributed by atoms with Gasteiger partial charge in [-0.05, 0) is 31.0 Å². The summed E-state index contributed by atoms with van der Waals surface area (Å²) in [6, 6.07) is 5.51. The molecular formula is C15H23ClN2O2. The van der Waals surface area contributed by atoms with Crippen LogP contribution in [0.5, 0.6) is 0 Å². The maximum absolute atomic E-state index is 11.9. The minimum absolute atomic E-state index is 0.0502. The Hall–Kier alpha value is -1.26. The molecule has 0 radical (unpaired) electrons. The third-order valence-corrected chi connectivity index (χ3v) is 3.45. The molecule has 1 aromatic carbocycles. The number of aliphatic hydroxyl groups excluding tert-OH is 1. The standard InChI is InChI=1S/C15H23ClN2O2/c1-5-8-18(10-15(20)17(3)4)12-6-7-13(11(2)19)14(16)9-12/h6-7,9,11,19H,5,8,10H2,1-4H3. The van der Waals surface area contributed by atoms with Crippen LogP contribution in [0.2, 0.25) is 5.02 Å². The van der Waals surface area contributed by atoms with Crippen molar-refractivity contribution in [1.82, 2.24) is 4.90 Å². The van der Waals surface area contributed by atoms with E-state index in [1.807, 2.05) is 23.1 Å². The largest absolute Gasteiger partial charge is 0.389 e. The quantitative estimate of drug-likeness (QED) is 0.878. The molecule has 0 heterocycles. The summed E-state index contributed by atoms with van der Waals surface area (Å²) in [6.45, 7) is 4.86. The minimum atomic E-state index is -0.598. The number of carbonyl (C=O) groups excluding carboxylic acids is 1. The molecule has 0 saturated heterocycles. The fourth-order valence-corrected chi connectivity index (χ4v) is 2.26. The highest BCUT2D eigenvalue weighted by atomic mass is 35.5. The summed E-state index contributed by atoms with van der Waals surface area (Å²) < 4.78 is 0. The molecule has 1 atom stereocenters. The number of halogens is 1. The van der Waals surface area contributed by atoms with Gasteiger partial charge in [-0.3, -0.25) is 4.79 Å². The molecule has 1 rings (SSSR count). The van der Waals surface area contributed by atoms with Gasteiger partial charge in [0.1, 0.15) is 0 Å². The Morgan fingerprint density at radius 2 is 2.05 bits per heavy atom. The van der Waals surface area contributed by atoms with Gasteiger partial charge >= 0.3 is 0 Å². The summed E-state index contributed by atoms with van der Waals surface area (Å²) in [7, 11) is 3.49. The highest BCUT2D eigenvalue weighted by molar-refractivity contribution is 6.31. The number of hydrogen-bond acceptors (Lipinski definition) is 3. The second-order valence-electron chi connectivity index (χ2n) is 5.09. The Labute approximate surface area is 125 Å². The van der Waals surface area contributed by atoms with Gasteiger partial charge in [0.2, 0.25) is 5.91 Å². The summed E-state index contributed by atoms with van der Waals surface area (Å²) in [5.74, 6) is 0.0502. The van der Waals surface area contributed by atoms with Crippen molar-refractivity contribution in [2.75, 3.05) is 32.1 Å². The van der Waals surface area contributed by atoms with Crippen LogP contribution >= 0.6 is 11.6 Å². The first-order chi connectivity index (χ1) is 9.36. The van der Waals surface area contributed by atoms with Crippen molar-refractivity contribution in [3.63, 3.8) is 0 Å². The van der Waals surface area contributed by atoms with Gasteiger partial charge in [-0.25, -0.2) is 0 Å². The summed E-state index contributed by atoms with van der Waals surface area (Å²) in [5, 5.41) is 10.1. The first kappa shape index (κ1) is 16.8. The van der Waals surface area contributed by atoms with Crippen LogP contribution in [0.4, 0.5) is 5.69 Å². The van der Waals surface area contributed by atoms with Gasteiger partial charge < -0.3 is 14.9 Å². The van der Waals surface area contributed by atoms with Gasteiger partial charge in [0.15, 0.2) is 0 Å². The normalized spacial score (nSPS) is 12.1. The van der Waals surface area contributed by atoms with Crippen LogP contribution in [0.3, 0.4) is 0 Å². The van der Waals surface area contributed by atoms with E-state index in [2.05, 4.69) is 6.92 Å². The lowest BCUT2D eigenvalue weighted by atomic mass is 10.1. The van der Waals surface area contributed by atoms with E-state index in [0.29, 0.717) is 17.1 Å². The summed E-state index contributed by atoms with van der Waals surface area (Å²) in [5.41, 5.74) is 1.60. The Balaban J connectivity index is 2.97. The molecule has 4 nitrogen and oxygen atoms in total. The Kier molecular flexibility index (Phi) is 6.30. The number of aliphatic hydroxyl groups is 1. The van der Waals surface area contributed by atoms with Crippen LogP contribution < -0.4 is 4.90 Å². The monoisotopic (exact) mass is 298 g/mol. The molecule has 5 heteroatoms. The van der Waals surface area contributed by atoms with Crippen molar-refractivity contribution in [2.24, 2.45) is 0 Å². The zero-order valence-electron chi connectivity index (χ0n) is 12.6. The van der Waals surface area contributed by atoms with Crippen molar-refractivity contribution in [2.45, 2.75) is 26.4 Å². The number of likely N-dealkylation sites (N-methyl/N-ethyl adjacent to an activating group) is 1. The molecule has 1 N–H and O–H groups in total. The lowest BCUT2D eigenvalue weighted by Gasteiger charge is -2.26. The summed E-state index contributed by atoms with van der Waals surface area (Å²) in [4.78, 5) is 15.5. The van der Waals surface area contributed by atoms with Crippen LogP contribution in [-0.4, -0.2) is 43.1 Å². The van der Waals surface area contributed by atoms with E-state index >= 15 is 0 Å². The fraction of sp³-hybridized carbons (Fsp3) is 0.533. The van der Waals surface area contributed by atoms with Gasteiger partial charge in [0.25, 0.3) is 0 Å². The van der Waals surface area contributed by atoms with Crippen LogP contribution in [0.1, 0.15) is 31.9 Å². The lowest BCUT2D eigenvalue weighted by Crippen LogP contribution is -2.37. The molecule has 112 valence electrons. The third-order valence-electron chi connectivity index (χ3n) is 3.12. The maximum Gasteiger partial charge on any atom is 0.241 e. The minimum Gasteiger partial charge on any atom is -0.389 e. The molecule has 0 bridgehead atoms. The van der Waals surface area contributed by atoms with Crippen molar-refractivity contribution in [3.05, 3.63) is 28.8 Å². The average Bonchev–Trinajstić information content (AvgIpc) is 2.37. The van der Waals surface area contributed by atoms with Gasteiger partial charge in [0, 0.05) is 31.4 Å². The number of benzene rings is 1. The third kappa shape index (κ3) is 4.39. The van der Waals surface area contributed by atoms with Crippen molar-refractivity contribution >= 4 is 23.2 Å². The maximum atomic E-state index is 11.9. The zero-order chi connectivity index (χ0) is 15.3. The van der Waals surface area contributed by atoms with Gasteiger partial charge in [-0.2, -0.15) is 0 Å². The molecule has 0 aliphatic heterocycles. The SMILES string of the molecule is CCCN(CC(=O)N(C)C)c1ccc(C(C)O)c(Cl)c1. The van der Waals surface area contributed by atoms with E-state index in [0.717, 1.165) is 18.7 Å². The molecule has 0 spiro atoms. The Bertz CT molecular complexity index is 461. The predicted octanol–water partition coefficient (Wildman–Crippen LogP) is 2.70. The molecule has 1 amide bonds. The number of carbonyl (C=O) groups is 1. The van der Waals surface area contributed by atoms with Gasteiger partial charge in [-0.15, -0.1) is 0 Å². The molecule has 20 heavy (non-hydrogen) atoms. The second-order valence-corrected chi connectivity index (χ2v) is 5.50. The van der Waals surface area contributed by atoms with E-state index < -0.39 is 6.10 Å². The van der Waals surface area contributed by atoms with Gasteiger partial charge in [-0.1, -0.05) is 24.6 Å². The van der Waals surface area contributed by atoms with Crippen molar-refractivity contribution in [1.29, 1.82) is 0 Å². The summed E-state index contributed by atoms with van der Waals surface area (Å²) >= 11 is 6.19. The molecule has 0 saturated carbocycles. The van der Waals surface area contributed by atoms with Crippen LogP contribution in [0.25, 0.3) is 0 Å². The van der Waals surface area contributed by atoms with Crippen LogP contribution in [0, 0.1) is 0 Å². The molecule has 1 unspecified atom stereocenters. The van der Waals surface area contributed by atoms with Gasteiger partial charge in [0.05, 0.1) is 12.6 Å². The number of anilines is 1. The molecule has 0 aliphatic carbocycles. The topological polar surface area (TPSA) is 43.8 Å². The van der Waals surface area contributed by atoms with E-state index in [1.54, 1.807) is 25.9 Å². The van der Waals surface area contributed by atoms with E-state index in [9.17, 15) is 9.90 Å². The fourth-order valence-electron chi connectivity index (χ4n) is 1.93. The van der Waals surface area contributed by atoms with E-state index in [-0.39, 0.29) is 5.91 Å². The molecular weight excluding hydrogens is 276 g/mol. The second kappa shape index (κ2) is 7.50.